The van der Waals surface area contributed by atoms with Crippen LogP contribution in [-0.4, -0.2) is 38.4 Å². The van der Waals surface area contributed by atoms with Gasteiger partial charge in [-0.2, -0.15) is 0 Å². The molecular weight excluding hydrogens is 901 g/mol. The second-order valence-electron chi connectivity index (χ2n) is 12.7. The molecule has 0 atom stereocenters. The van der Waals surface area contributed by atoms with Gasteiger partial charge in [0.15, 0.2) is 18.9 Å². The molecule has 6 aliphatic heterocycles. The van der Waals surface area contributed by atoms with Crippen molar-refractivity contribution in [2.45, 2.75) is 96.3 Å². The molecule has 384 valence electrons. The van der Waals surface area contributed by atoms with E-state index in [0.29, 0.717) is 26.6 Å². The zero-order valence-corrected chi connectivity index (χ0v) is 44.5. The summed E-state index contributed by atoms with van der Waals surface area (Å²) in [7, 11) is 0. The summed E-state index contributed by atoms with van der Waals surface area (Å²) in [5.74, 6) is 3.57. The minimum atomic E-state index is 0.455. The number of oxime groups is 1. The van der Waals surface area contributed by atoms with Crippen molar-refractivity contribution in [2.24, 2.45) is 20.1 Å². The number of nitrogens with zero attached hydrogens (tertiary/aromatic N) is 4. The molecule has 2 N–H and O–H groups in total. The molecule has 0 saturated heterocycles. The number of aliphatic imine (C=N–C) groups is 3. The zero-order valence-electron chi connectivity index (χ0n) is 44.5. The molecule has 0 bridgehead atoms. The topological polar surface area (TPSA) is 129 Å². The number of hydrogen-bond acceptors (Lipinski definition) is 12. The largest absolute Gasteiger partial charge is 0.486 e. The van der Waals surface area contributed by atoms with Crippen LogP contribution in [0.1, 0.15) is 111 Å². The first-order valence-electron chi connectivity index (χ1n) is 25.1. The van der Waals surface area contributed by atoms with Gasteiger partial charge in [-0.3, -0.25) is 9.98 Å². The summed E-state index contributed by atoms with van der Waals surface area (Å²) >= 11 is 0. The Morgan fingerprint density at radius 1 is 0.472 bits per heavy atom. The third-order valence-corrected chi connectivity index (χ3v) is 8.70. The Hall–Kier alpha value is -8.12. The van der Waals surface area contributed by atoms with Crippen LogP contribution in [0, 0.1) is 0 Å². The van der Waals surface area contributed by atoms with E-state index >= 15 is 0 Å². The Balaban J connectivity index is 0.000000414. The molecule has 0 amide bonds. The highest BCUT2D eigenvalue weighted by Crippen LogP contribution is 2.28. The molecule has 0 spiro atoms. The molecule has 6 aliphatic rings. The second kappa shape index (κ2) is 41.8. The first-order valence-corrected chi connectivity index (χ1v) is 25.1. The molecule has 0 radical (unpaired) electrons. The van der Waals surface area contributed by atoms with Gasteiger partial charge in [0, 0.05) is 52.6 Å². The van der Waals surface area contributed by atoms with E-state index in [0.717, 1.165) is 62.3 Å². The summed E-state index contributed by atoms with van der Waals surface area (Å²) in [6, 6.07) is 47.3. The van der Waals surface area contributed by atoms with E-state index in [2.05, 4.69) is 30.9 Å². The molecule has 12 heteroatoms. The maximum Gasteiger partial charge on any atom is 0.179 e. The number of ether oxygens (including phenoxy) is 4. The van der Waals surface area contributed by atoms with Gasteiger partial charge in [-0.05, 0) is 54.6 Å². The Labute approximate surface area is 430 Å². The van der Waals surface area contributed by atoms with Crippen molar-refractivity contribution < 1.29 is 28.6 Å². The van der Waals surface area contributed by atoms with Gasteiger partial charge in [-0.25, -0.2) is 10.5 Å². The lowest BCUT2D eigenvalue weighted by Gasteiger charge is -2.11. The van der Waals surface area contributed by atoms with Crippen LogP contribution in [0.5, 0.6) is 23.0 Å². The van der Waals surface area contributed by atoms with Crippen LogP contribution in [0.3, 0.4) is 0 Å². The smallest absolute Gasteiger partial charge is 0.179 e. The van der Waals surface area contributed by atoms with Gasteiger partial charge in [0.25, 0.3) is 0 Å². The van der Waals surface area contributed by atoms with Crippen molar-refractivity contribution in [1.82, 2.24) is 5.48 Å². The molecule has 0 unspecified atom stereocenters. The molecular formula is C60H78N6O6. The fourth-order valence-electron chi connectivity index (χ4n) is 5.73. The summed E-state index contributed by atoms with van der Waals surface area (Å²) in [5.41, 5.74) is 11.3. The van der Waals surface area contributed by atoms with E-state index in [1.807, 2.05) is 241 Å². The van der Waals surface area contributed by atoms with Crippen LogP contribution in [0.15, 0.2) is 184 Å². The van der Waals surface area contributed by atoms with Gasteiger partial charge in [0.2, 0.25) is 0 Å². The van der Waals surface area contributed by atoms with Crippen molar-refractivity contribution in [3.63, 3.8) is 0 Å². The van der Waals surface area contributed by atoms with Gasteiger partial charge >= 0.3 is 0 Å². The van der Waals surface area contributed by atoms with E-state index < -0.39 is 0 Å². The van der Waals surface area contributed by atoms with Crippen LogP contribution >= 0.6 is 0 Å². The predicted molar refractivity (Wildman–Crippen MR) is 305 cm³/mol. The fourth-order valence-corrected chi connectivity index (χ4v) is 5.73. The van der Waals surface area contributed by atoms with Crippen molar-refractivity contribution >= 4 is 48.2 Å². The average molecular weight is 979 g/mol. The molecule has 6 aromatic rings. The molecule has 0 saturated carbocycles. The van der Waals surface area contributed by atoms with E-state index in [1.54, 1.807) is 31.1 Å². The lowest BCUT2D eigenvalue weighted by Crippen LogP contribution is -2.13. The van der Waals surface area contributed by atoms with Crippen LogP contribution in [0.25, 0.3) is 6.08 Å². The first kappa shape index (κ1) is 61.9. The first-order chi connectivity index (χ1) is 35.8. The van der Waals surface area contributed by atoms with Gasteiger partial charge in [-0.15, -0.1) is 0 Å². The standard InChI is InChI=1S/6C8H7NO.6C2H6/c1-2-4-8-7(3-1)5-10-6-9-8;1-2-4-8-7(3-1)5-9-6-10-8;1-2-4-8-6-10-9-5-7(8)3-1;2*1-2-4-8-7(3-1)9-5-6-10-8;1-2-4-8-7(3-1)5-6-9-10-8;6*1-2/h1-4,6H,5H2;3*1-5H,6H2;2*1-6,9H;6*1-2H3. The summed E-state index contributed by atoms with van der Waals surface area (Å²) in [5, 5.41) is 6.75. The molecule has 72 heavy (non-hydrogen) atoms. The molecule has 0 aromatic heterocycles. The highest BCUT2D eigenvalue weighted by molar-refractivity contribution is 5.84. The molecule has 0 aliphatic carbocycles. The number of anilines is 1. The Morgan fingerprint density at radius 2 is 1.06 bits per heavy atom. The van der Waals surface area contributed by atoms with Gasteiger partial charge in [-0.1, -0.05) is 185 Å². The Kier molecular flexibility index (Phi) is 35.9. The van der Waals surface area contributed by atoms with Crippen molar-refractivity contribution in [3.8, 4) is 23.0 Å². The van der Waals surface area contributed by atoms with E-state index in [9.17, 15) is 0 Å². The maximum absolute atomic E-state index is 5.27. The molecule has 6 heterocycles. The normalized spacial score (nSPS) is 11.9. The second-order valence-corrected chi connectivity index (χ2v) is 12.7. The lowest BCUT2D eigenvalue weighted by atomic mass is 10.1. The van der Waals surface area contributed by atoms with Gasteiger partial charge in [0.05, 0.1) is 17.6 Å². The lowest BCUT2D eigenvalue weighted by molar-refractivity contribution is 0.128. The summed E-state index contributed by atoms with van der Waals surface area (Å²) < 4.78 is 20.7. The van der Waals surface area contributed by atoms with Crippen molar-refractivity contribution in [1.29, 1.82) is 0 Å². The van der Waals surface area contributed by atoms with E-state index in [1.165, 1.54) is 12.0 Å². The van der Waals surface area contributed by atoms with Crippen LogP contribution < -0.4 is 29.8 Å². The zero-order chi connectivity index (χ0) is 52.9. The number of rotatable bonds is 0. The summed E-state index contributed by atoms with van der Waals surface area (Å²) in [4.78, 5) is 22.1. The Morgan fingerprint density at radius 3 is 1.71 bits per heavy atom. The van der Waals surface area contributed by atoms with Crippen LogP contribution in [0.2, 0.25) is 0 Å². The maximum atomic E-state index is 5.27. The number of hydrogen-bond donors (Lipinski definition) is 2. The number of nitrogens with one attached hydrogen (secondary N) is 2. The molecule has 6 aromatic carbocycles. The number of benzene rings is 6. The molecule has 12 nitrogen and oxygen atoms in total. The highest BCUT2D eigenvalue weighted by atomic mass is 16.6. The van der Waals surface area contributed by atoms with Gasteiger partial charge < -0.3 is 33.9 Å². The number of para-hydroxylation sites is 7. The predicted octanol–water partition coefficient (Wildman–Crippen LogP) is 16.3. The van der Waals surface area contributed by atoms with Gasteiger partial charge in [0.1, 0.15) is 49.0 Å². The fraction of sp³-hybridized carbons (Fsp3) is 0.267. The van der Waals surface area contributed by atoms with Crippen LogP contribution in [-0.2, 0) is 22.8 Å². The third kappa shape index (κ3) is 23.0. The highest BCUT2D eigenvalue weighted by Gasteiger charge is 2.06. The quantitative estimate of drug-likeness (QED) is 0.154. The SMILES string of the molecule is C1=COc2ccccc2N1.C1=Cc2ccccc2ON1.C1=NCOc2ccccc21.C1=NOCc2ccccc21.C1=Nc2ccccc2CO1.C1=Nc2ccccc2OC1.CC.CC.CC.CC.CC.CC. The third-order valence-electron chi connectivity index (χ3n) is 8.70. The van der Waals surface area contributed by atoms with E-state index in [-0.39, 0.29) is 0 Å². The minimum absolute atomic E-state index is 0.455. The molecule has 12 rings (SSSR count). The molecule has 0 fully saturated rings. The minimum Gasteiger partial charge on any atom is -0.486 e. The van der Waals surface area contributed by atoms with Crippen molar-refractivity contribution in [3.05, 3.63) is 192 Å². The van der Waals surface area contributed by atoms with Crippen LogP contribution in [0.4, 0.5) is 17.1 Å². The Bertz CT molecular complexity index is 2140. The number of hydroxylamine groups is 1. The average Bonchev–Trinajstić information content (AvgIpc) is 3.51. The number of fused-ring (bicyclic) bond motifs is 6. The van der Waals surface area contributed by atoms with E-state index in [4.69, 9.17) is 28.6 Å². The summed E-state index contributed by atoms with van der Waals surface area (Å²) in [6.45, 7) is 26.3. The van der Waals surface area contributed by atoms with Crippen molar-refractivity contribution in [2.75, 3.05) is 18.7 Å². The summed E-state index contributed by atoms with van der Waals surface area (Å²) in [6.07, 6.45) is 14.0. The monoisotopic (exact) mass is 979 g/mol.